The molecule has 1 aliphatic carbocycles. The molecule has 2 heteroatoms. The SMILES string of the molecule is CCCCC1CCCCCCCC(CCC)c2nccnc21. The Balaban J connectivity index is 2.27. The minimum Gasteiger partial charge on any atom is -0.257 e. The number of fused-ring (bicyclic) bond motifs is 1. The molecule has 124 valence electrons. The van der Waals surface area contributed by atoms with Gasteiger partial charge in [0.05, 0.1) is 11.4 Å². The molecular formula is C20H34N2. The maximum atomic E-state index is 4.83. The zero-order valence-electron chi connectivity index (χ0n) is 14.7. The molecule has 0 aliphatic heterocycles. The van der Waals surface area contributed by atoms with Crippen LogP contribution in [0, 0.1) is 0 Å². The quantitative estimate of drug-likeness (QED) is 0.630. The third-order valence-electron chi connectivity index (χ3n) is 5.18. The number of hydrogen-bond acceptors (Lipinski definition) is 2. The van der Waals surface area contributed by atoms with Crippen LogP contribution >= 0.6 is 0 Å². The lowest BCUT2D eigenvalue weighted by molar-refractivity contribution is 0.492. The van der Waals surface area contributed by atoms with Gasteiger partial charge in [-0.15, -0.1) is 0 Å². The van der Waals surface area contributed by atoms with Crippen LogP contribution in [0.3, 0.4) is 0 Å². The molecule has 0 N–H and O–H groups in total. The van der Waals surface area contributed by atoms with E-state index < -0.39 is 0 Å². The van der Waals surface area contributed by atoms with Crippen LogP contribution in [0.1, 0.15) is 114 Å². The van der Waals surface area contributed by atoms with E-state index in [1.807, 2.05) is 12.4 Å². The van der Waals surface area contributed by atoms with Gasteiger partial charge in [-0.3, -0.25) is 9.97 Å². The Kier molecular flexibility index (Phi) is 7.90. The monoisotopic (exact) mass is 302 g/mol. The van der Waals surface area contributed by atoms with Crippen LogP contribution < -0.4 is 0 Å². The summed E-state index contributed by atoms with van der Waals surface area (Å²) in [6, 6.07) is 0. The van der Waals surface area contributed by atoms with E-state index in [0.29, 0.717) is 11.8 Å². The van der Waals surface area contributed by atoms with E-state index in [9.17, 15) is 0 Å². The first-order valence-electron chi connectivity index (χ1n) is 9.67. The fourth-order valence-corrected chi connectivity index (χ4v) is 3.93. The number of nitrogens with zero attached hydrogens (tertiary/aromatic N) is 2. The summed E-state index contributed by atoms with van der Waals surface area (Å²) in [5.41, 5.74) is 2.68. The Morgan fingerprint density at radius 2 is 1.32 bits per heavy atom. The molecule has 1 aromatic rings. The van der Waals surface area contributed by atoms with Gasteiger partial charge < -0.3 is 0 Å². The Labute approximate surface area is 137 Å². The number of unbranched alkanes of at least 4 members (excludes halogenated alkanes) is 1. The standard InChI is InChI=1S/C20H34N2/c1-3-5-12-18-14-10-8-6-7-9-13-17(11-4-2)19-20(18)22-16-15-21-19/h15-18H,3-14H2,1-2H3. The first-order valence-corrected chi connectivity index (χ1v) is 9.67. The van der Waals surface area contributed by atoms with Crippen LogP contribution in [0.25, 0.3) is 0 Å². The van der Waals surface area contributed by atoms with E-state index >= 15 is 0 Å². The average Bonchev–Trinajstić information content (AvgIpc) is 2.58. The van der Waals surface area contributed by atoms with E-state index in [-0.39, 0.29) is 0 Å². The minimum absolute atomic E-state index is 0.635. The Morgan fingerprint density at radius 3 is 1.86 bits per heavy atom. The number of rotatable bonds is 5. The van der Waals surface area contributed by atoms with Crippen LogP contribution in [0.5, 0.6) is 0 Å². The predicted octanol–water partition coefficient (Wildman–Crippen LogP) is 6.38. The summed E-state index contributed by atoms with van der Waals surface area (Å²) < 4.78 is 0. The van der Waals surface area contributed by atoms with E-state index in [2.05, 4.69) is 13.8 Å². The minimum atomic E-state index is 0.635. The van der Waals surface area contributed by atoms with Crippen LogP contribution in [-0.4, -0.2) is 9.97 Å². The summed E-state index contributed by atoms with van der Waals surface area (Å²) in [5, 5.41) is 0. The van der Waals surface area contributed by atoms with Crippen molar-refractivity contribution in [1.29, 1.82) is 0 Å². The lowest BCUT2D eigenvalue weighted by Gasteiger charge is -2.22. The highest BCUT2D eigenvalue weighted by atomic mass is 14.8. The van der Waals surface area contributed by atoms with Gasteiger partial charge in [0.25, 0.3) is 0 Å². The summed E-state index contributed by atoms with van der Waals surface area (Å²) in [6.07, 6.45) is 19.8. The van der Waals surface area contributed by atoms with Crippen molar-refractivity contribution in [3.8, 4) is 0 Å². The van der Waals surface area contributed by atoms with Gasteiger partial charge in [0.2, 0.25) is 0 Å². The molecule has 0 aromatic carbocycles. The third kappa shape index (κ3) is 5.07. The van der Waals surface area contributed by atoms with E-state index in [1.54, 1.807) is 0 Å². The second-order valence-corrected chi connectivity index (χ2v) is 7.00. The maximum Gasteiger partial charge on any atom is 0.0652 e. The van der Waals surface area contributed by atoms with Gasteiger partial charge in [0, 0.05) is 24.2 Å². The Hall–Kier alpha value is -0.920. The molecule has 2 unspecified atom stereocenters. The third-order valence-corrected chi connectivity index (χ3v) is 5.18. The first-order chi connectivity index (χ1) is 10.9. The van der Waals surface area contributed by atoms with Crippen LogP contribution in [0.4, 0.5) is 0 Å². The Morgan fingerprint density at radius 1 is 0.773 bits per heavy atom. The largest absolute Gasteiger partial charge is 0.257 e. The van der Waals surface area contributed by atoms with Crippen molar-refractivity contribution in [1.82, 2.24) is 9.97 Å². The molecule has 2 rings (SSSR count). The second kappa shape index (κ2) is 9.97. The van der Waals surface area contributed by atoms with Crippen LogP contribution in [0.15, 0.2) is 12.4 Å². The van der Waals surface area contributed by atoms with Crippen molar-refractivity contribution in [3.63, 3.8) is 0 Å². The number of hydrogen-bond donors (Lipinski definition) is 0. The normalized spacial score (nSPS) is 23.5. The van der Waals surface area contributed by atoms with Crippen molar-refractivity contribution < 1.29 is 0 Å². The molecule has 0 amide bonds. The Bertz CT molecular complexity index is 416. The first kappa shape index (κ1) is 17.4. The molecule has 1 heterocycles. The van der Waals surface area contributed by atoms with E-state index in [0.717, 1.165) is 0 Å². The van der Waals surface area contributed by atoms with Gasteiger partial charge in [0.1, 0.15) is 0 Å². The molecule has 1 aliphatic rings. The summed E-state index contributed by atoms with van der Waals surface area (Å²) in [7, 11) is 0. The summed E-state index contributed by atoms with van der Waals surface area (Å²) in [4.78, 5) is 9.65. The summed E-state index contributed by atoms with van der Waals surface area (Å²) in [5.74, 6) is 1.28. The smallest absolute Gasteiger partial charge is 0.0652 e. The molecule has 1 aromatic heterocycles. The van der Waals surface area contributed by atoms with Crippen molar-refractivity contribution in [3.05, 3.63) is 23.8 Å². The van der Waals surface area contributed by atoms with Crippen molar-refractivity contribution >= 4 is 0 Å². The molecule has 0 saturated heterocycles. The van der Waals surface area contributed by atoms with E-state index in [1.165, 1.54) is 88.4 Å². The van der Waals surface area contributed by atoms with Crippen LogP contribution in [-0.2, 0) is 0 Å². The number of aromatic nitrogens is 2. The summed E-state index contributed by atoms with van der Waals surface area (Å²) >= 11 is 0. The molecule has 0 fully saturated rings. The highest BCUT2D eigenvalue weighted by Crippen LogP contribution is 2.35. The highest BCUT2D eigenvalue weighted by Gasteiger charge is 2.23. The van der Waals surface area contributed by atoms with Crippen molar-refractivity contribution in [2.75, 3.05) is 0 Å². The maximum absolute atomic E-state index is 4.83. The molecular weight excluding hydrogens is 268 g/mol. The average molecular weight is 303 g/mol. The van der Waals surface area contributed by atoms with Gasteiger partial charge in [-0.25, -0.2) is 0 Å². The topological polar surface area (TPSA) is 25.8 Å². The lowest BCUT2D eigenvalue weighted by Crippen LogP contribution is -2.12. The van der Waals surface area contributed by atoms with Crippen LogP contribution in [0.2, 0.25) is 0 Å². The fraction of sp³-hybridized carbons (Fsp3) is 0.800. The predicted molar refractivity (Wildman–Crippen MR) is 94.3 cm³/mol. The fourth-order valence-electron chi connectivity index (χ4n) is 3.93. The summed E-state index contributed by atoms with van der Waals surface area (Å²) in [6.45, 7) is 4.60. The van der Waals surface area contributed by atoms with Gasteiger partial charge in [-0.05, 0) is 25.7 Å². The van der Waals surface area contributed by atoms with Crippen molar-refractivity contribution in [2.45, 2.75) is 103 Å². The van der Waals surface area contributed by atoms with Gasteiger partial charge >= 0.3 is 0 Å². The zero-order chi connectivity index (χ0) is 15.6. The zero-order valence-corrected chi connectivity index (χ0v) is 14.7. The molecule has 0 spiro atoms. The highest BCUT2D eigenvalue weighted by molar-refractivity contribution is 5.20. The second-order valence-electron chi connectivity index (χ2n) is 7.00. The lowest BCUT2D eigenvalue weighted by atomic mass is 9.86. The molecule has 0 saturated carbocycles. The molecule has 2 atom stereocenters. The molecule has 0 bridgehead atoms. The van der Waals surface area contributed by atoms with E-state index in [4.69, 9.17) is 9.97 Å². The molecule has 2 nitrogen and oxygen atoms in total. The molecule has 0 radical (unpaired) electrons. The van der Waals surface area contributed by atoms with Gasteiger partial charge in [0.15, 0.2) is 0 Å². The van der Waals surface area contributed by atoms with Gasteiger partial charge in [-0.1, -0.05) is 65.2 Å². The molecule has 22 heavy (non-hydrogen) atoms. The van der Waals surface area contributed by atoms with Crippen molar-refractivity contribution in [2.24, 2.45) is 0 Å². The van der Waals surface area contributed by atoms with Gasteiger partial charge in [-0.2, -0.15) is 0 Å².